The largest absolute Gasteiger partial charge is 0.462 e. The SMILES string of the molecule is CCOC(=O)C1=CN(c2ccc(F)cc2)c2cc(Cl)ccc2S1(=O)=O. The Labute approximate surface area is 149 Å². The maximum absolute atomic E-state index is 13.2. The van der Waals surface area contributed by atoms with Crippen LogP contribution in [0.25, 0.3) is 0 Å². The summed E-state index contributed by atoms with van der Waals surface area (Å²) in [7, 11) is -4.06. The molecular weight excluding hydrogens is 369 g/mol. The lowest BCUT2D eigenvalue weighted by atomic mass is 10.2. The number of hydrogen-bond donors (Lipinski definition) is 0. The highest BCUT2D eigenvalue weighted by molar-refractivity contribution is 7.96. The van der Waals surface area contributed by atoms with E-state index in [4.69, 9.17) is 16.3 Å². The van der Waals surface area contributed by atoms with Crippen molar-refractivity contribution in [3.05, 3.63) is 64.4 Å². The third-order valence-corrected chi connectivity index (χ3v) is 5.60. The van der Waals surface area contributed by atoms with Gasteiger partial charge in [0.05, 0.1) is 17.2 Å². The first-order valence-electron chi connectivity index (χ1n) is 7.33. The average molecular weight is 382 g/mol. The molecule has 1 heterocycles. The zero-order valence-electron chi connectivity index (χ0n) is 13.1. The van der Waals surface area contributed by atoms with Crippen LogP contribution < -0.4 is 4.90 Å². The number of carbonyl (C=O) groups excluding carboxylic acids is 1. The summed E-state index contributed by atoms with van der Waals surface area (Å²) in [4.78, 5) is 13.0. The molecular formula is C17H13ClFNO4S. The molecule has 0 unspecified atom stereocenters. The molecule has 0 aromatic heterocycles. The van der Waals surface area contributed by atoms with E-state index in [-0.39, 0.29) is 17.2 Å². The maximum atomic E-state index is 13.2. The summed E-state index contributed by atoms with van der Waals surface area (Å²) < 4.78 is 43.6. The van der Waals surface area contributed by atoms with Crippen molar-refractivity contribution in [3.8, 4) is 0 Å². The van der Waals surface area contributed by atoms with Crippen LogP contribution >= 0.6 is 11.6 Å². The predicted molar refractivity (Wildman–Crippen MR) is 91.9 cm³/mol. The Morgan fingerprint density at radius 2 is 1.88 bits per heavy atom. The van der Waals surface area contributed by atoms with E-state index in [1.165, 1.54) is 53.6 Å². The standard InChI is InChI=1S/C17H13ClFNO4S/c1-2-24-17(21)16-10-20(13-6-4-12(19)5-7-13)14-9-11(18)3-8-15(14)25(16,22)23/h3-10H,2H2,1H3. The number of ether oxygens (including phenoxy) is 1. The zero-order chi connectivity index (χ0) is 18.2. The predicted octanol–water partition coefficient (Wildman–Crippen LogP) is 3.81. The monoisotopic (exact) mass is 381 g/mol. The Hall–Kier alpha value is -2.38. The van der Waals surface area contributed by atoms with Gasteiger partial charge in [-0.15, -0.1) is 0 Å². The molecule has 0 atom stereocenters. The molecule has 8 heteroatoms. The maximum Gasteiger partial charge on any atom is 0.351 e. The second kappa shape index (κ2) is 6.50. The molecule has 0 amide bonds. The lowest BCUT2D eigenvalue weighted by Gasteiger charge is -2.28. The molecule has 2 aromatic rings. The number of nitrogens with zero attached hydrogens (tertiary/aromatic N) is 1. The molecule has 0 N–H and O–H groups in total. The zero-order valence-corrected chi connectivity index (χ0v) is 14.6. The van der Waals surface area contributed by atoms with E-state index in [2.05, 4.69) is 0 Å². The summed E-state index contributed by atoms with van der Waals surface area (Å²) >= 11 is 6.00. The molecule has 3 rings (SSSR count). The van der Waals surface area contributed by atoms with E-state index < -0.39 is 26.5 Å². The molecule has 0 saturated carbocycles. The minimum atomic E-state index is -4.06. The number of esters is 1. The first-order chi connectivity index (χ1) is 11.8. The molecule has 0 radical (unpaired) electrons. The van der Waals surface area contributed by atoms with E-state index in [1.807, 2.05) is 0 Å². The van der Waals surface area contributed by atoms with Gasteiger partial charge in [-0.05, 0) is 49.4 Å². The van der Waals surface area contributed by atoms with Crippen molar-refractivity contribution in [2.45, 2.75) is 11.8 Å². The number of anilines is 2. The lowest BCUT2D eigenvalue weighted by molar-refractivity contribution is -0.137. The van der Waals surface area contributed by atoms with Crippen LogP contribution in [0, 0.1) is 5.82 Å². The first-order valence-corrected chi connectivity index (χ1v) is 9.19. The van der Waals surface area contributed by atoms with Crippen molar-refractivity contribution in [1.29, 1.82) is 0 Å². The fraction of sp³-hybridized carbons (Fsp3) is 0.118. The molecule has 2 aromatic carbocycles. The van der Waals surface area contributed by atoms with E-state index in [0.717, 1.165) is 0 Å². The Balaban J connectivity index is 2.24. The highest BCUT2D eigenvalue weighted by Gasteiger charge is 2.36. The third-order valence-electron chi connectivity index (χ3n) is 3.59. The van der Waals surface area contributed by atoms with Crippen molar-refractivity contribution >= 4 is 38.8 Å². The van der Waals surface area contributed by atoms with Gasteiger partial charge in [0, 0.05) is 16.9 Å². The van der Waals surface area contributed by atoms with E-state index >= 15 is 0 Å². The van der Waals surface area contributed by atoms with Crippen LogP contribution in [-0.4, -0.2) is 21.0 Å². The van der Waals surface area contributed by atoms with Crippen LogP contribution in [0.1, 0.15) is 6.92 Å². The summed E-state index contributed by atoms with van der Waals surface area (Å²) in [5.41, 5.74) is 0.744. The molecule has 0 spiro atoms. The number of hydrogen-bond acceptors (Lipinski definition) is 5. The number of sulfone groups is 1. The van der Waals surface area contributed by atoms with Gasteiger partial charge in [-0.2, -0.15) is 0 Å². The number of halogens is 2. The number of rotatable bonds is 3. The van der Waals surface area contributed by atoms with Gasteiger partial charge in [0.2, 0.25) is 9.84 Å². The van der Waals surface area contributed by atoms with Crippen molar-refractivity contribution in [2.24, 2.45) is 0 Å². The van der Waals surface area contributed by atoms with Crippen LogP contribution in [0.5, 0.6) is 0 Å². The molecule has 130 valence electrons. The van der Waals surface area contributed by atoms with Gasteiger partial charge in [0.25, 0.3) is 0 Å². The molecule has 25 heavy (non-hydrogen) atoms. The number of fused-ring (bicyclic) bond motifs is 1. The number of carbonyl (C=O) groups is 1. The Morgan fingerprint density at radius 1 is 1.20 bits per heavy atom. The van der Waals surface area contributed by atoms with E-state index in [9.17, 15) is 17.6 Å². The second-order valence-electron chi connectivity index (χ2n) is 5.18. The van der Waals surface area contributed by atoms with Crippen LogP contribution in [0.4, 0.5) is 15.8 Å². The molecule has 0 bridgehead atoms. The molecule has 0 fully saturated rings. The topological polar surface area (TPSA) is 63.7 Å². The minimum Gasteiger partial charge on any atom is -0.462 e. The van der Waals surface area contributed by atoms with Gasteiger partial charge in [0.1, 0.15) is 5.82 Å². The molecule has 0 aliphatic carbocycles. The minimum absolute atomic E-state index is 0.0374. The average Bonchev–Trinajstić information content (AvgIpc) is 2.56. The van der Waals surface area contributed by atoms with Crippen molar-refractivity contribution in [3.63, 3.8) is 0 Å². The summed E-state index contributed by atoms with van der Waals surface area (Å²) in [5, 5.41) is 0.328. The third kappa shape index (κ3) is 3.12. The molecule has 1 aliphatic heterocycles. The van der Waals surface area contributed by atoms with Gasteiger partial charge in [-0.25, -0.2) is 17.6 Å². The van der Waals surface area contributed by atoms with Crippen LogP contribution in [0.2, 0.25) is 5.02 Å². The van der Waals surface area contributed by atoms with Crippen molar-refractivity contribution in [2.75, 3.05) is 11.5 Å². The quantitative estimate of drug-likeness (QED) is 0.756. The Kier molecular flexibility index (Phi) is 4.53. The van der Waals surface area contributed by atoms with Gasteiger partial charge in [-0.3, -0.25) is 0 Å². The van der Waals surface area contributed by atoms with Crippen molar-refractivity contribution in [1.82, 2.24) is 0 Å². The Bertz CT molecular complexity index is 971. The molecule has 1 aliphatic rings. The molecule has 0 saturated heterocycles. The van der Waals surface area contributed by atoms with Crippen LogP contribution in [-0.2, 0) is 19.4 Å². The first kappa shape index (κ1) is 17.4. The van der Waals surface area contributed by atoms with Gasteiger partial charge >= 0.3 is 5.97 Å². The highest BCUT2D eigenvalue weighted by atomic mass is 35.5. The number of benzene rings is 2. The summed E-state index contributed by atoms with van der Waals surface area (Å²) in [6.45, 7) is 1.62. The van der Waals surface area contributed by atoms with Gasteiger partial charge < -0.3 is 9.64 Å². The van der Waals surface area contributed by atoms with Gasteiger partial charge in [0.15, 0.2) is 4.91 Å². The Morgan fingerprint density at radius 3 is 2.52 bits per heavy atom. The van der Waals surface area contributed by atoms with Crippen molar-refractivity contribution < 1.29 is 22.3 Å². The summed E-state index contributed by atoms with van der Waals surface area (Å²) in [6, 6.07) is 9.64. The smallest absolute Gasteiger partial charge is 0.351 e. The van der Waals surface area contributed by atoms with Crippen LogP contribution in [0.15, 0.2) is 58.5 Å². The van der Waals surface area contributed by atoms with Gasteiger partial charge in [-0.1, -0.05) is 11.6 Å². The highest BCUT2D eigenvalue weighted by Crippen LogP contribution is 2.41. The second-order valence-corrected chi connectivity index (χ2v) is 7.50. The molecule has 5 nitrogen and oxygen atoms in total. The van der Waals surface area contributed by atoms with E-state index in [1.54, 1.807) is 6.92 Å². The summed E-state index contributed by atoms with van der Waals surface area (Å²) in [6.07, 6.45) is 1.17. The van der Waals surface area contributed by atoms with Crippen LogP contribution in [0.3, 0.4) is 0 Å². The lowest BCUT2D eigenvalue weighted by Crippen LogP contribution is -2.26. The van der Waals surface area contributed by atoms with E-state index in [0.29, 0.717) is 10.7 Å². The fourth-order valence-electron chi connectivity index (χ4n) is 2.46. The normalized spacial score (nSPS) is 15.3. The fourth-order valence-corrected chi connectivity index (χ4v) is 4.07. The summed E-state index contributed by atoms with van der Waals surface area (Å²) in [5.74, 6) is -1.38.